The molecule has 5 fully saturated rings. The molecular weight excluding hydrogens is 310 g/mol. The van der Waals surface area contributed by atoms with E-state index < -0.39 is 6.09 Å². The summed E-state index contributed by atoms with van der Waals surface area (Å²) in [5, 5.41) is 9.90. The summed E-state index contributed by atoms with van der Waals surface area (Å²) in [5.41, 5.74) is 1.65. The zero-order valence-electron chi connectivity index (χ0n) is 14.9. The quantitative estimate of drug-likeness (QED) is 0.858. The van der Waals surface area contributed by atoms with Crippen molar-refractivity contribution in [2.45, 2.75) is 57.4 Å². The predicted octanol–water partition coefficient (Wildman–Crippen LogP) is 4.81. The summed E-state index contributed by atoms with van der Waals surface area (Å²) in [6.07, 6.45) is 9.52. The van der Waals surface area contributed by atoms with Gasteiger partial charge in [-0.05, 0) is 86.0 Å². The van der Waals surface area contributed by atoms with Gasteiger partial charge in [-0.2, -0.15) is 0 Å². The number of rotatable bonds is 3. The molecule has 0 spiro atoms. The second kappa shape index (κ2) is 5.75. The van der Waals surface area contributed by atoms with Crippen molar-refractivity contribution in [1.29, 1.82) is 0 Å². The summed E-state index contributed by atoms with van der Waals surface area (Å²) in [7, 11) is 0. The van der Waals surface area contributed by atoms with Gasteiger partial charge in [-0.15, -0.1) is 0 Å². The molecule has 2 unspecified atom stereocenters. The van der Waals surface area contributed by atoms with Gasteiger partial charge in [-0.25, -0.2) is 4.79 Å². The van der Waals surface area contributed by atoms with Gasteiger partial charge in [-0.1, -0.05) is 30.3 Å². The highest BCUT2D eigenvalue weighted by Crippen LogP contribution is 2.63. The third-order valence-corrected chi connectivity index (χ3v) is 7.82. The average molecular weight is 339 g/mol. The summed E-state index contributed by atoms with van der Waals surface area (Å²) >= 11 is 0. The smallest absolute Gasteiger partial charge is 0.407 e. The first-order valence-electron chi connectivity index (χ1n) is 10.2. The summed E-state index contributed by atoms with van der Waals surface area (Å²) in [6, 6.07) is 11.0. The van der Waals surface area contributed by atoms with Crippen LogP contribution >= 0.6 is 0 Å². The highest BCUT2D eigenvalue weighted by Gasteiger charge is 2.58. The van der Waals surface area contributed by atoms with Crippen LogP contribution in [0.2, 0.25) is 0 Å². The Kier molecular flexibility index (Phi) is 3.62. The lowest BCUT2D eigenvalue weighted by Gasteiger charge is -2.60. The van der Waals surface area contributed by atoms with E-state index in [-0.39, 0.29) is 11.5 Å². The fraction of sp³-hybridized carbons (Fsp3) is 0.682. The van der Waals surface area contributed by atoms with Gasteiger partial charge in [-0.3, -0.25) is 0 Å². The van der Waals surface area contributed by atoms with Crippen LogP contribution in [0.5, 0.6) is 0 Å². The molecule has 4 bridgehead atoms. The van der Waals surface area contributed by atoms with Crippen LogP contribution in [-0.4, -0.2) is 28.7 Å². The Bertz CT molecular complexity index is 620. The van der Waals surface area contributed by atoms with E-state index in [1.807, 2.05) is 4.90 Å². The van der Waals surface area contributed by atoms with Crippen LogP contribution in [-0.2, 0) is 6.42 Å². The third kappa shape index (κ3) is 2.58. The van der Waals surface area contributed by atoms with E-state index in [9.17, 15) is 9.90 Å². The Morgan fingerprint density at radius 1 is 1.04 bits per heavy atom. The summed E-state index contributed by atoms with van der Waals surface area (Å²) in [6.45, 7) is 0.735. The molecule has 134 valence electrons. The van der Waals surface area contributed by atoms with Gasteiger partial charge in [0.2, 0.25) is 0 Å². The van der Waals surface area contributed by atoms with E-state index in [1.165, 1.54) is 44.1 Å². The van der Waals surface area contributed by atoms with Crippen molar-refractivity contribution < 1.29 is 9.90 Å². The average Bonchev–Trinajstić information content (AvgIpc) is 2.99. The lowest BCUT2D eigenvalue weighted by atomic mass is 9.46. The second-order valence-electron chi connectivity index (χ2n) is 9.44. The molecule has 25 heavy (non-hydrogen) atoms. The molecule has 1 aromatic carbocycles. The largest absolute Gasteiger partial charge is 0.465 e. The maximum absolute atomic E-state index is 12.0. The molecule has 4 aliphatic carbocycles. The Balaban J connectivity index is 1.47. The first kappa shape index (κ1) is 15.7. The molecule has 1 heterocycles. The van der Waals surface area contributed by atoms with Crippen molar-refractivity contribution in [3.8, 4) is 0 Å². The normalized spacial score (nSPS) is 42.1. The summed E-state index contributed by atoms with van der Waals surface area (Å²) < 4.78 is 0. The highest BCUT2D eigenvalue weighted by atomic mass is 16.4. The molecule has 4 saturated carbocycles. The van der Waals surface area contributed by atoms with Crippen molar-refractivity contribution in [3.63, 3.8) is 0 Å². The minimum Gasteiger partial charge on any atom is -0.465 e. The molecule has 0 aromatic heterocycles. The number of benzene rings is 1. The number of hydrogen-bond acceptors (Lipinski definition) is 1. The van der Waals surface area contributed by atoms with Crippen LogP contribution in [0.15, 0.2) is 30.3 Å². The van der Waals surface area contributed by atoms with E-state index in [2.05, 4.69) is 30.3 Å². The summed E-state index contributed by atoms with van der Waals surface area (Å²) in [5.74, 6) is 3.12. The van der Waals surface area contributed by atoms with Gasteiger partial charge in [0.05, 0.1) is 0 Å². The van der Waals surface area contributed by atoms with Crippen LogP contribution in [0.4, 0.5) is 4.79 Å². The first-order valence-corrected chi connectivity index (χ1v) is 10.2. The molecule has 6 rings (SSSR count). The van der Waals surface area contributed by atoms with Crippen LogP contribution < -0.4 is 0 Å². The van der Waals surface area contributed by atoms with Crippen LogP contribution in [0.3, 0.4) is 0 Å². The van der Waals surface area contributed by atoms with Crippen molar-refractivity contribution in [2.75, 3.05) is 6.54 Å². The van der Waals surface area contributed by atoms with E-state index in [0.717, 1.165) is 37.1 Å². The zero-order chi connectivity index (χ0) is 17.0. The van der Waals surface area contributed by atoms with Crippen molar-refractivity contribution in [1.82, 2.24) is 4.90 Å². The predicted molar refractivity (Wildman–Crippen MR) is 97.4 cm³/mol. The number of likely N-dealkylation sites (tertiary alicyclic amines) is 1. The number of amides is 1. The van der Waals surface area contributed by atoms with E-state index in [0.29, 0.717) is 5.92 Å². The maximum atomic E-state index is 12.0. The number of nitrogens with zero attached hydrogens (tertiary/aromatic N) is 1. The minimum absolute atomic E-state index is 0.249. The van der Waals surface area contributed by atoms with Gasteiger partial charge in [0.15, 0.2) is 0 Å². The van der Waals surface area contributed by atoms with E-state index >= 15 is 0 Å². The van der Waals surface area contributed by atoms with E-state index in [4.69, 9.17) is 0 Å². The maximum Gasteiger partial charge on any atom is 0.407 e. The van der Waals surface area contributed by atoms with Crippen LogP contribution in [0, 0.1) is 29.1 Å². The van der Waals surface area contributed by atoms with Crippen LogP contribution in [0.1, 0.15) is 50.5 Å². The lowest BCUT2D eigenvalue weighted by Crippen LogP contribution is -2.58. The Labute approximate surface area is 150 Å². The Morgan fingerprint density at radius 3 is 2.20 bits per heavy atom. The van der Waals surface area contributed by atoms with Gasteiger partial charge < -0.3 is 10.0 Å². The fourth-order valence-corrected chi connectivity index (χ4v) is 7.57. The topological polar surface area (TPSA) is 40.5 Å². The molecule has 2 atom stereocenters. The first-order chi connectivity index (χ1) is 12.1. The molecule has 0 radical (unpaired) electrons. The number of carbonyl (C=O) groups is 1. The van der Waals surface area contributed by atoms with Crippen molar-refractivity contribution in [3.05, 3.63) is 35.9 Å². The molecule has 1 aromatic rings. The van der Waals surface area contributed by atoms with Crippen LogP contribution in [0.25, 0.3) is 0 Å². The molecule has 1 aliphatic heterocycles. The Hall–Kier alpha value is -1.51. The minimum atomic E-state index is -0.684. The molecule has 1 amide bonds. The lowest BCUT2D eigenvalue weighted by molar-refractivity contribution is -0.0974. The fourth-order valence-electron chi connectivity index (χ4n) is 7.57. The van der Waals surface area contributed by atoms with Crippen molar-refractivity contribution in [2.24, 2.45) is 29.1 Å². The molecular formula is C22H29NO2. The molecule has 1 N–H and O–H groups in total. The zero-order valence-corrected chi connectivity index (χ0v) is 14.9. The highest BCUT2D eigenvalue weighted by molar-refractivity contribution is 5.66. The van der Waals surface area contributed by atoms with Gasteiger partial charge in [0.1, 0.15) is 0 Å². The molecule has 5 aliphatic rings. The second-order valence-corrected chi connectivity index (χ2v) is 9.44. The van der Waals surface area contributed by atoms with Gasteiger partial charge in [0.25, 0.3) is 0 Å². The monoisotopic (exact) mass is 339 g/mol. The summed E-state index contributed by atoms with van der Waals surface area (Å²) in [4.78, 5) is 13.9. The molecule has 1 saturated heterocycles. The standard InChI is InChI=1S/C22H29NO2/c24-21(25)23-7-6-19(11-15-4-2-1-3-5-15)20(23)22-12-16-8-17(13-22)10-18(9-16)14-22/h1-5,16-20H,6-14H2,(H,24,25). The van der Waals surface area contributed by atoms with Gasteiger partial charge in [0, 0.05) is 12.6 Å². The van der Waals surface area contributed by atoms with Crippen molar-refractivity contribution >= 4 is 6.09 Å². The third-order valence-electron chi connectivity index (χ3n) is 7.82. The number of hydrogen-bond donors (Lipinski definition) is 1. The number of carboxylic acid groups (broad SMARTS) is 1. The molecule has 3 heteroatoms. The molecule has 3 nitrogen and oxygen atoms in total. The Morgan fingerprint density at radius 2 is 1.64 bits per heavy atom. The van der Waals surface area contributed by atoms with E-state index in [1.54, 1.807) is 0 Å². The SMILES string of the molecule is O=C(O)N1CCC(Cc2ccccc2)C1C12CC3CC(CC(C3)C1)C2. The van der Waals surface area contributed by atoms with Gasteiger partial charge >= 0.3 is 6.09 Å².